The van der Waals surface area contributed by atoms with Gasteiger partial charge in [-0.1, -0.05) is 23.8 Å². The summed E-state index contributed by atoms with van der Waals surface area (Å²) in [5.74, 6) is -2.34. The van der Waals surface area contributed by atoms with Gasteiger partial charge in [-0.3, -0.25) is 9.99 Å². The zero-order chi connectivity index (χ0) is 28.4. The number of anilines is 1. The minimum absolute atomic E-state index is 0.105. The first kappa shape index (κ1) is 28.4. The van der Waals surface area contributed by atoms with Crippen LogP contribution in [0.2, 0.25) is 0 Å². The normalized spacial score (nSPS) is 12.5. The molecule has 3 aromatic rings. The summed E-state index contributed by atoms with van der Waals surface area (Å²) in [6.45, 7) is 11.3. The molecule has 1 heterocycles. The summed E-state index contributed by atoms with van der Waals surface area (Å²) >= 11 is 0. The third kappa shape index (κ3) is 6.76. The second kappa shape index (κ2) is 10.6. The first-order valence-electron chi connectivity index (χ1n) is 12.0. The molecule has 0 bridgehead atoms. The molecule has 0 fully saturated rings. The fourth-order valence-electron chi connectivity index (χ4n) is 3.70. The Morgan fingerprint density at radius 2 is 1.50 bits per heavy atom. The van der Waals surface area contributed by atoms with E-state index in [1.54, 1.807) is 79.1 Å². The van der Waals surface area contributed by atoms with E-state index in [2.05, 4.69) is 4.98 Å². The van der Waals surface area contributed by atoms with Crippen LogP contribution in [0.15, 0.2) is 54.9 Å². The van der Waals surface area contributed by atoms with Crippen LogP contribution in [0.1, 0.15) is 58.7 Å². The second-order valence-corrected chi connectivity index (χ2v) is 10.8. The van der Waals surface area contributed by atoms with E-state index in [-0.39, 0.29) is 11.3 Å². The Labute approximate surface area is 220 Å². The van der Waals surface area contributed by atoms with E-state index < -0.39 is 41.2 Å². The number of halogens is 1. The number of benzene rings is 2. The van der Waals surface area contributed by atoms with Crippen LogP contribution in [0.3, 0.4) is 0 Å². The number of carbonyl (C=O) groups is 3. The van der Waals surface area contributed by atoms with E-state index in [4.69, 9.17) is 9.47 Å². The van der Waals surface area contributed by atoms with Crippen molar-refractivity contribution in [3.8, 4) is 0 Å². The first-order valence-corrected chi connectivity index (χ1v) is 12.0. The number of hydrazine groups is 1. The SMILES string of the molecule is Cc1ccc(F)c(C(C(=O)O)N(c2ccc3cnccc3c2)N(C(=O)OC(C)(C)C)C(=O)OC(C)(C)C)c1. The number of carboxylic acid groups (broad SMARTS) is 1. The van der Waals surface area contributed by atoms with Gasteiger partial charge in [0.25, 0.3) is 0 Å². The molecule has 0 saturated carbocycles. The van der Waals surface area contributed by atoms with Crippen molar-refractivity contribution in [1.29, 1.82) is 0 Å². The zero-order valence-corrected chi connectivity index (χ0v) is 22.5. The number of aryl methyl sites for hydroxylation is 1. The van der Waals surface area contributed by atoms with Crippen LogP contribution < -0.4 is 5.01 Å². The number of imide groups is 1. The van der Waals surface area contributed by atoms with E-state index in [9.17, 15) is 19.5 Å². The van der Waals surface area contributed by atoms with Crippen molar-refractivity contribution in [3.63, 3.8) is 0 Å². The molecule has 3 rings (SSSR count). The van der Waals surface area contributed by atoms with Gasteiger partial charge in [-0.25, -0.2) is 18.8 Å². The molecular formula is C28H32FN3O6. The van der Waals surface area contributed by atoms with Crippen molar-refractivity contribution >= 4 is 34.6 Å². The molecule has 0 saturated heterocycles. The molecule has 0 aliphatic rings. The highest BCUT2D eigenvalue weighted by Crippen LogP contribution is 2.35. The highest BCUT2D eigenvalue weighted by Gasteiger charge is 2.43. The molecule has 1 N–H and O–H groups in total. The Kier molecular flexibility index (Phi) is 7.95. The number of hydrogen-bond acceptors (Lipinski definition) is 7. The van der Waals surface area contributed by atoms with Gasteiger partial charge in [-0.15, -0.1) is 5.01 Å². The van der Waals surface area contributed by atoms with Crippen LogP contribution in [0.4, 0.5) is 19.7 Å². The molecular weight excluding hydrogens is 493 g/mol. The number of amides is 2. The Bertz CT molecular complexity index is 1330. The van der Waals surface area contributed by atoms with Gasteiger partial charge >= 0.3 is 18.2 Å². The summed E-state index contributed by atoms with van der Waals surface area (Å²) in [5.41, 5.74) is -1.67. The number of hydrogen-bond donors (Lipinski definition) is 1. The smallest absolute Gasteiger partial charge is 0.439 e. The number of carboxylic acids is 1. The molecule has 0 aliphatic carbocycles. The summed E-state index contributed by atoms with van der Waals surface area (Å²) in [4.78, 5) is 44.0. The Balaban J connectivity index is 2.35. The minimum atomic E-state index is -1.85. The van der Waals surface area contributed by atoms with Crippen LogP contribution in [0.5, 0.6) is 0 Å². The lowest BCUT2D eigenvalue weighted by Crippen LogP contribution is -2.56. The number of pyridine rings is 1. The Hall–Kier alpha value is -4.21. The third-order valence-corrected chi connectivity index (χ3v) is 5.16. The highest BCUT2D eigenvalue weighted by atomic mass is 19.1. The van der Waals surface area contributed by atoms with Crippen LogP contribution in [0, 0.1) is 12.7 Å². The summed E-state index contributed by atoms with van der Waals surface area (Å²) in [6.07, 6.45) is 0.768. The lowest BCUT2D eigenvalue weighted by Gasteiger charge is -2.39. The lowest BCUT2D eigenvalue weighted by molar-refractivity contribution is -0.139. The number of nitrogens with zero attached hydrogens (tertiary/aromatic N) is 3. The van der Waals surface area contributed by atoms with Crippen LogP contribution in [-0.4, -0.2) is 44.5 Å². The second-order valence-electron chi connectivity index (χ2n) is 10.8. The van der Waals surface area contributed by atoms with Crippen molar-refractivity contribution in [2.24, 2.45) is 0 Å². The number of aromatic nitrogens is 1. The fourth-order valence-corrected chi connectivity index (χ4v) is 3.70. The lowest BCUT2D eigenvalue weighted by atomic mass is 10.0. The van der Waals surface area contributed by atoms with Crippen LogP contribution in [-0.2, 0) is 14.3 Å². The van der Waals surface area contributed by atoms with Gasteiger partial charge in [0.15, 0.2) is 6.04 Å². The topological polar surface area (TPSA) is 109 Å². The highest BCUT2D eigenvalue weighted by molar-refractivity contribution is 5.94. The van der Waals surface area contributed by atoms with Crippen LogP contribution >= 0.6 is 0 Å². The van der Waals surface area contributed by atoms with Gasteiger partial charge in [0.05, 0.1) is 5.69 Å². The standard InChI is InChI=1S/C28H32FN3O6/c1-17-8-11-22(29)21(14-17)23(24(33)34)31(20-10-9-19-16-30-13-12-18(19)15-20)32(25(35)37-27(2,3)4)26(36)38-28(5,6)7/h8-16,23H,1-7H3,(H,33,34). The van der Waals surface area contributed by atoms with E-state index in [1.807, 2.05) is 0 Å². The molecule has 1 atom stereocenters. The quantitative estimate of drug-likeness (QED) is 0.381. The van der Waals surface area contributed by atoms with Crippen LogP contribution in [0.25, 0.3) is 10.8 Å². The van der Waals surface area contributed by atoms with Crippen molar-refractivity contribution in [2.45, 2.75) is 65.7 Å². The molecule has 202 valence electrons. The molecule has 10 heteroatoms. The van der Waals surface area contributed by atoms with E-state index in [0.29, 0.717) is 16.0 Å². The molecule has 0 radical (unpaired) electrons. The van der Waals surface area contributed by atoms with Gasteiger partial charge in [0.2, 0.25) is 0 Å². The van der Waals surface area contributed by atoms with E-state index in [1.165, 1.54) is 18.2 Å². The summed E-state index contributed by atoms with van der Waals surface area (Å²) in [5, 5.41) is 13.1. The molecule has 9 nitrogen and oxygen atoms in total. The predicted octanol–water partition coefficient (Wildman–Crippen LogP) is 6.40. The fraction of sp³-hybridized carbons (Fsp3) is 0.357. The molecule has 1 unspecified atom stereocenters. The Morgan fingerprint density at radius 1 is 0.895 bits per heavy atom. The molecule has 1 aromatic heterocycles. The first-order chi connectivity index (χ1) is 17.6. The number of fused-ring (bicyclic) bond motifs is 1. The summed E-state index contributed by atoms with van der Waals surface area (Å²) in [7, 11) is 0. The van der Waals surface area contributed by atoms with E-state index in [0.717, 1.165) is 16.5 Å². The average Bonchev–Trinajstić information content (AvgIpc) is 2.78. The molecule has 0 spiro atoms. The van der Waals surface area contributed by atoms with Crippen molar-refractivity contribution in [2.75, 3.05) is 5.01 Å². The van der Waals surface area contributed by atoms with E-state index >= 15 is 4.39 Å². The Morgan fingerprint density at radius 3 is 2.05 bits per heavy atom. The third-order valence-electron chi connectivity index (χ3n) is 5.16. The molecule has 2 amide bonds. The summed E-state index contributed by atoms with van der Waals surface area (Å²) < 4.78 is 26.2. The monoisotopic (exact) mass is 525 g/mol. The number of carbonyl (C=O) groups excluding carboxylic acids is 2. The maximum atomic E-state index is 15.2. The minimum Gasteiger partial charge on any atom is -0.479 e. The van der Waals surface area contributed by atoms with Gasteiger partial charge in [0, 0.05) is 23.3 Å². The molecule has 38 heavy (non-hydrogen) atoms. The maximum absolute atomic E-state index is 15.2. The number of ether oxygens (including phenoxy) is 2. The average molecular weight is 526 g/mol. The zero-order valence-electron chi connectivity index (χ0n) is 22.5. The maximum Gasteiger partial charge on any atom is 0.439 e. The van der Waals surface area contributed by atoms with Gasteiger partial charge < -0.3 is 14.6 Å². The van der Waals surface area contributed by atoms with Crippen molar-refractivity contribution in [1.82, 2.24) is 9.99 Å². The van der Waals surface area contributed by atoms with Gasteiger partial charge in [-0.05, 0) is 78.1 Å². The van der Waals surface area contributed by atoms with Crippen molar-refractivity contribution < 1.29 is 33.4 Å². The number of rotatable bonds is 5. The van der Waals surface area contributed by atoms with Gasteiger partial charge in [0.1, 0.15) is 17.0 Å². The molecule has 0 aliphatic heterocycles. The summed E-state index contributed by atoms with van der Waals surface area (Å²) in [6, 6.07) is 8.55. The van der Waals surface area contributed by atoms with Crippen molar-refractivity contribution in [3.05, 3.63) is 71.8 Å². The number of aliphatic carboxylic acids is 1. The molecule has 2 aromatic carbocycles. The largest absolute Gasteiger partial charge is 0.479 e. The van der Waals surface area contributed by atoms with Gasteiger partial charge in [-0.2, -0.15) is 0 Å². The predicted molar refractivity (Wildman–Crippen MR) is 140 cm³/mol.